The molecule has 0 saturated carbocycles. The lowest BCUT2D eigenvalue weighted by Crippen LogP contribution is -2.15. The average molecular weight is 329 g/mol. The highest BCUT2D eigenvalue weighted by Gasteiger charge is 2.12. The predicted octanol–water partition coefficient (Wildman–Crippen LogP) is 3.90. The molecule has 0 aliphatic rings. The van der Waals surface area contributed by atoms with Crippen LogP contribution in [0.25, 0.3) is 16.9 Å². The number of nitrogens with one attached hydrogen (secondary N) is 1. The van der Waals surface area contributed by atoms with E-state index in [0.717, 1.165) is 27.0 Å². The van der Waals surface area contributed by atoms with Crippen LogP contribution in [0.1, 0.15) is 5.56 Å². The molecule has 1 aromatic heterocycles. The molecule has 0 radical (unpaired) electrons. The molecular formula is C16H13BrN2O. The fourth-order valence-electron chi connectivity index (χ4n) is 2.18. The third-order valence-corrected chi connectivity index (χ3v) is 3.80. The molecule has 20 heavy (non-hydrogen) atoms. The fourth-order valence-corrected chi connectivity index (χ4v) is 2.44. The smallest absolute Gasteiger partial charge is 0.274 e. The van der Waals surface area contributed by atoms with Crippen molar-refractivity contribution >= 4 is 15.9 Å². The Balaban J connectivity index is 2.16. The second kappa shape index (κ2) is 5.13. The van der Waals surface area contributed by atoms with Gasteiger partial charge in [-0.25, -0.2) is 4.68 Å². The minimum Gasteiger partial charge on any atom is -0.290 e. The molecule has 0 aliphatic carbocycles. The molecule has 0 amide bonds. The zero-order valence-electron chi connectivity index (χ0n) is 10.9. The highest BCUT2D eigenvalue weighted by Crippen LogP contribution is 2.20. The van der Waals surface area contributed by atoms with Gasteiger partial charge >= 0.3 is 0 Å². The molecule has 0 saturated heterocycles. The molecule has 0 bridgehead atoms. The largest absolute Gasteiger partial charge is 0.290 e. The summed E-state index contributed by atoms with van der Waals surface area (Å²) < 4.78 is 2.56. The first-order chi connectivity index (χ1) is 9.66. The van der Waals surface area contributed by atoms with Crippen LogP contribution in [0.4, 0.5) is 0 Å². The standard InChI is InChI=1S/C16H13BrN2O/c1-11-15(12-5-3-2-4-6-12)18-19(16(11)20)14-9-7-13(17)8-10-14/h2-10,18H,1H3. The zero-order valence-corrected chi connectivity index (χ0v) is 12.5. The van der Waals surface area contributed by atoms with Gasteiger partial charge in [0.2, 0.25) is 0 Å². The van der Waals surface area contributed by atoms with E-state index in [9.17, 15) is 4.79 Å². The number of aromatic amines is 1. The summed E-state index contributed by atoms with van der Waals surface area (Å²) in [6, 6.07) is 17.5. The van der Waals surface area contributed by atoms with Crippen molar-refractivity contribution in [3.05, 3.63) is 75.0 Å². The van der Waals surface area contributed by atoms with Crippen molar-refractivity contribution in [2.75, 3.05) is 0 Å². The van der Waals surface area contributed by atoms with Crippen molar-refractivity contribution in [2.24, 2.45) is 0 Å². The van der Waals surface area contributed by atoms with E-state index in [2.05, 4.69) is 21.0 Å². The van der Waals surface area contributed by atoms with Crippen LogP contribution in [0.15, 0.2) is 63.9 Å². The third kappa shape index (κ3) is 2.23. The molecule has 100 valence electrons. The minimum atomic E-state index is -0.0221. The van der Waals surface area contributed by atoms with Gasteiger partial charge in [-0.3, -0.25) is 9.89 Å². The van der Waals surface area contributed by atoms with Gasteiger partial charge in [-0.15, -0.1) is 0 Å². The molecule has 3 rings (SSSR count). The van der Waals surface area contributed by atoms with Crippen LogP contribution in [0.5, 0.6) is 0 Å². The van der Waals surface area contributed by atoms with Gasteiger partial charge in [0, 0.05) is 10.0 Å². The van der Waals surface area contributed by atoms with Crippen molar-refractivity contribution in [1.29, 1.82) is 0 Å². The lowest BCUT2D eigenvalue weighted by molar-refractivity contribution is 0.851. The van der Waals surface area contributed by atoms with Gasteiger partial charge in [-0.05, 0) is 36.8 Å². The summed E-state index contributed by atoms with van der Waals surface area (Å²) >= 11 is 3.40. The van der Waals surface area contributed by atoms with Crippen LogP contribution < -0.4 is 5.56 Å². The number of hydrogen-bond acceptors (Lipinski definition) is 1. The molecule has 4 heteroatoms. The summed E-state index contributed by atoms with van der Waals surface area (Å²) in [5.74, 6) is 0. The number of H-pyrrole nitrogens is 1. The monoisotopic (exact) mass is 328 g/mol. The summed E-state index contributed by atoms with van der Waals surface area (Å²) in [4.78, 5) is 12.4. The van der Waals surface area contributed by atoms with Crippen LogP contribution in [0, 0.1) is 6.92 Å². The summed E-state index contributed by atoms with van der Waals surface area (Å²) in [6.07, 6.45) is 0. The molecule has 3 nitrogen and oxygen atoms in total. The molecule has 3 aromatic rings. The molecule has 0 fully saturated rings. The average Bonchev–Trinajstić information content (AvgIpc) is 2.77. The Kier molecular flexibility index (Phi) is 3.32. The maximum Gasteiger partial charge on any atom is 0.274 e. The molecule has 0 atom stereocenters. The predicted molar refractivity (Wildman–Crippen MR) is 84.3 cm³/mol. The summed E-state index contributed by atoms with van der Waals surface area (Å²) in [7, 11) is 0. The molecule has 0 aliphatic heterocycles. The number of halogens is 1. The van der Waals surface area contributed by atoms with E-state index in [1.807, 2.05) is 61.5 Å². The van der Waals surface area contributed by atoms with Crippen LogP contribution in [-0.4, -0.2) is 9.78 Å². The zero-order chi connectivity index (χ0) is 14.1. The Hall–Kier alpha value is -2.07. The topological polar surface area (TPSA) is 37.8 Å². The summed E-state index contributed by atoms with van der Waals surface area (Å²) in [5, 5.41) is 3.19. The fraction of sp³-hybridized carbons (Fsp3) is 0.0625. The van der Waals surface area contributed by atoms with E-state index in [1.54, 1.807) is 4.68 Å². The van der Waals surface area contributed by atoms with Gasteiger partial charge < -0.3 is 0 Å². The van der Waals surface area contributed by atoms with Gasteiger partial charge in [0.05, 0.1) is 11.4 Å². The van der Waals surface area contributed by atoms with E-state index in [4.69, 9.17) is 0 Å². The maximum absolute atomic E-state index is 12.4. The van der Waals surface area contributed by atoms with E-state index in [1.165, 1.54) is 0 Å². The number of rotatable bonds is 2. The van der Waals surface area contributed by atoms with Crippen LogP contribution in [0.2, 0.25) is 0 Å². The van der Waals surface area contributed by atoms with Crippen LogP contribution in [0.3, 0.4) is 0 Å². The lowest BCUT2D eigenvalue weighted by Gasteiger charge is -2.02. The Labute approximate surface area is 125 Å². The number of aromatic nitrogens is 2. The lowest BCUT2D eigenvalue weighted by atomic mass is 10.1. The van der Waals surface area contributed by atoms with Crippen molar-refractivity contribution in [3.63, 3.8) is 0 Å². The molecule has 1 heterocycles. The quantitative estimate of drug-likeness (QED) is 0.761. The second-order valence-electron chi connectivity index (χ2n) is 4.59. The molecule has 1 N–H and O–H groups in total. The second-order valence-corrected chi connectivity index (χ2v) is 5.51. The Morgan fingerprint density at radius 3 is 2.30 bits per heavy atom. The normalized spacial score (nSPS) is 10.7. The third-order valence-electron chi connectivity index (χ3n) is 3.27. The summed E-state index contributed by atoms with van der Waals surface area (Å²) in [6.45, 7) is 1.84. The van der Waals surface area contributed by atoms with E-state index in [-0.39, 0.29) is 5.56 Å². The van der Waals surface area contributed by atoms with Gasteiger partial charge in [-0.1, -0.05) is 46.3 Å². The van der Waals surface area contributed by atoms with Crippen molar-refractivity contribution in [3.8, 4) is 16.9 Å². The van der Waals surface area contributed by atoms with E-state index < -0.39 is 0 Å². The number of nitrogens with zero attached hydrogens (tertiary/aromatic N) is 1. The van der Waals surface area contributed by atoms with Crippen LogP contribution in [-0.2, 0) is 0 Å². The Bertz CT molecular complexity index is 786. The first-order valence-corrected chi connectivity index (χ1v) is 7.09. The number of benzene rings is 2. The van der Waals surface area contributed by atoms with Crippen molar-refractivity contribution in [1.82, 2.24) is 9.78 Å². The summed E-state index contributed by atoms with van der Waals surface area (Å²) in [5.41, 5.74) is 3.39. The Morgan fingerprint density at radius 2 is 1.65 bits per heavy atom. The van der Waals surface area contributed by atoms with Crippen LogP contribution >= 0.6 is 15.9 Å². The van der Waals surface area contributed by atoms with Crippen molar-refractivity contribution < 1.29 is 0 Å². The molecule has 0 unspecified atom stereocenters. The number of hydrogen-bond donors (Lipinski definition) is 1. The van der Waals surface area contributed by atoms with Gasteiger partial charge in [0.1, 0.15) is 0 Å². The maximum atomic E-state index is 12.4. The van der Waals surface area contributed by atoms with Gasteiger partial charge in [0.15, 0.2) is 0 Å². The molecular weight excluding hydrogens is 316 g/mol. The minimum absolute atomic E-state index is 0.0221. The highest BCUT2D eigenvalue weighted by molar-refractivity contribution is 9.10. The SMILES string of the molecule is Cc1c(-c2ccccc2)[nH]n(-c2ccc(Br)cc2)c1=O. The van der Waals surface area contributed by atoms with E-state index in [0.29, 0.717) is 0 Å². The Morgan fingerprint density at radius 1 is 1.00 bits per heavy atom. The van der Waals surface area contributed by atoms with Gasteiger partial charge in [0.25, 0.3) is 5.56 Å². The molecule has 2 aromatic carbocycles. The molecule has 0 spiro atoms. The highest BCUT2D eigenvalue weighted by atomic mass is 79.9. The first-order valence-electron chi connectivity index (χ1n) is 6.30. The van der Waals surface area contributed by atoms with E-state index >= 15 is 0 Å². The van der Waals surface area contributed by atoms with Crippen molar-refractivity contribution in [2.45, 2.75) is 6.92 Å². The first kappa shape index (κ1) is 12.9. The van der Waals surface area contributed by atoms with Gasteiger partial charge in [-0.2, -0.15) is 0 Å².